The molecule has 2 aromatic rings. The number of nitrogen functional groups attached to an aromatic ring is 1. The Morgan fingerprint density at radius 2 is 1.68 bits per heavy atom. The molecule has 0 bridgehead atoms. The second-order valence-corrected chi connectivity index (χ2v) is 3.50. The van der Waals surface area contributed by atoms with Gasteiger partial charge in [0.15, 0.2) is 0 Å². The minimum atomic E-state index is -0.979. The summed E-state index contributed by atoms with van der Waals surface area (Å²) in [4.78, 5) is 10.8. The fraction of sp³-hybridized carbons (Fsp3) is 0.133. The van der Waals surface area contributed by atoms with Crippen LogP contribution in [0.25, 0.3) is 0 Å². The number of carbonyl (C=O) groups is 1. The van der Waals surface area contributed by atoms with E-state index in [1.165, 1.54) is 12.1 Å². The Bertz CT molecular complexity index is 535. The quantitative estimate of drug-likeness (QED) is 0.822. The molecule has 19 heavy (non-hydrogen) atoms. The zero-order valence-electron chi connectivity index (χ0n) is 11.0. The molecule has 3 N–H and O–H groups in total. The summed E-state index contributed by atoms with van der Waals surface area (Å²) >= 11 is 0. The highest BCUT2D eigenvalue weighted by Gasteiger charge is 2.04. The highest BCUT2D eigenvalue weighted by Crippen LogP contribution is 2.22. The van der Waals surface area contributed by atoms with Crippen molar-refractivity contribution in [3.63, 3.8) is 0 Å². The van der Waals surface area contributed by atoms with Crippen molar-refractivity contribution in [2.75, 3.05) is 5.73 Å². The SMILES string of the molecule is CC.Nc1ccc(Oc2cccc(C(=O)O)c2)cc1. The van der Waals surface area contributed by atoms with E-state index in [2.05, 4.69) is 0 Å². The molecule has 4 heteroatoms. The van der Waals surface area contributed by atoms with Crippen molar-refractivity contribution in [2.24, 2.45) is 0 Å². The number of aromatic carboxylic acids is 1. The monoisotopic (exact) mass is 259 g/mol. The van der Waals surface area contributed by atoms with Gasteiger partial charge in [-0.3, -0.25) is 0 Å². The summed E-state index contributed by atoms with van der Waals surface area (Å²) < 4.78 is 5.51. The largest absolute Gasteiger partial charge is 0.478 e. The zero-order valence-corrected chi connectivity index (χ0v) is 11.0. The highest BCUT2D eigenvalue weighted by molar-refractivity contribution is 5.88. The Balaban J connectivity index is 0.000000861. The third kappa shape index (κ3) is 4.35. The first-order chi connectivity index (χ1) is 9.15. The number of nitrogens with two attached hydrogens (primary N) is 1. The summed E-state index contributed by atoms with van der Waals surface area (Å²) in [6.45, 7) is 4.00. The second kappa shape index (κ2) is 7.06. The maximum Gasteiger partial charge on any atom is 0.335 e. The summed E-state index contributed by atoms with van der Waals surface area (Å²) in [7, 11) is 0. The molecule has 2 rings (SSSR count). The fourth-order valence-corrected chi connectivity index (χ4v) is 1.36. The minimum absolute atomic E-state index is 0.193. The van der Waals surface area contributed by atoms with Crippen molar-refractivity contribution in [3.05, 3.63) is 54.1 Å². The van der Waals surface area contributed by atoms with E-state index in [1.54, 1.807) is 36.4 Å². The number of benzene rings is 2. The lowest BCUT2D eigenvalue weighted by atomic mass is 10.2. The summed E-state index contributed by atoms with van der Waals surface area (Å²) in [5.74, 6) is 0.115. The van der Waals surface area contributed by atoms with Crippen LogP contribution in [0.4, 0.5) is 5.69 Å². The summed E-state index contributed by atoms with van der Waals surface area (Å²) in [6.07, 6.45) is 0. The van der Waals surface area contributed by atoms with Crippen molar-refractivity contribution < 1.29 is 14.6 Å². The number of anilines is 1. The van der Waals surface area contributed by atoms with E-state index in [9.17, 15) is 4.79 Å². The molecule has 2 aromatic carbocycles. The van der Waals surface area contributed by atoms with Crippen LogP contribution in [0.5, 0.6) is 11.5 Å². The smallest absolute Gasteiger partial charge is 0.335 e. The molecular weight excluding hydrogens is 242 g/mol. The van der Waals surface area contributed by atoms with Gasteiger partial charge in [-0.15, -0.1) is 0 Å². The minimum Gasteiger partial charge on any atom is -0.478 e. The molecule has 0 amide bonds. The van der Waals surface area contributed by atoms with Crippen LogP contribution in [-0.2, 0) is 0 Å². The van der Waals surface area contributed by atoms with Crippen LogP contribution in [-0.4, -0.2) is 11.1 Å². The zero-order chi connectivity index (χ0) is 14.3. The first-order valence-electron chi connectivity index (χ1n) is 6.02. The van der Waals surface area contributed by atoms with Crippen LogP contribution in [0.15, 0.2) is 48.5 Å². The van der Waals surface area contributed by atoms with Crippen LogP contribution in [0.3, 0.4) is 0 Å². The Hall–Kier alpha value is -2.49. The van der Waals surface area contributed by atoms with Crippen LogP contribution in [0.1, 0.15) is 24.2 Å². The Kier molecular flexibility index (Phi) is 5.41. The van der Waals surface area contributed by atoms with Gasteiger partial charge in [-0.05, 0) is 42.5 Å². The first kappa shape index (κ1) is 14.6. The third-order valence-corrected chi connectivity index (χ3v) is 2.20. The van der Waals surface area contributed by atoms with Gasteiger partial charge in [0.2, 0.25) is 0 Å². The van der Waals surface area contributed by atoms with Crippen LogP contribution in [0, 0.1) is 0 Å². The first-order valence-corrected chi connectivity index (χ1v) is 6.02. The van der Waals surface area contributed by atoms with Gasteiger partial charge in [0, 0.05) is 5.69 Å². The van der Waals surface area contributed by atoms with Gasteiger partial charge >= 0.3 is 5.97 Å². The maximum atomic E-state index is 10.8. The molecule has 0 saturated carbocycles. The molecule has 4 nitrogen and oxygen atoms in total. The Morgan fingerprint density at radius 1 is 1.05 bits per heavy atom. The van der Waals surface area contributed by atoms with E-state index >= 15 is 0 Å². The molecule has 0 aliphatic rings. The summed E-state index contributed by atoms with van der Waals surface area (Å²) in [5, 5.41) is 8.84. The molecular formula is C15H17NO3. The Morgan fingerprint density at radius 3 is 2.26 bits per heavy atom. The van der Waals surface area contributed by atoms with Crippen LogP contribution >= 0.6 is 0 Å². The average molecular weight is 259 g/mol. The number of hydrogen-bond acceptors (Lipinski definition) is 3. The lowest BCUT2D eigenvalue weighted by Crippen LogP contribution is -1.96. The van der Waals surface area contributed by atoms with Crippen molar-refractivity contribution in [1.82, 2.24) is 0 Å². The van der Waals surface area contributed by atoms with E-state index in [4.69, 9.17) is 15.6 Å². The lowest BCUT2D eigenvalue weighted by Gasteiger charge is -2.06. The molecule has 0 unspecified atom stereocenters. The van der Waals surface area contributed by atoms with Crippen molar-refractivity contribution in [1.29, 1.82) is 0 Å². The lowest BCUT2D eigenvalue weighted by molar-refractivity contribution is 0.0696. The van der Waals surface area contributed by atoms with Gasteiger partial charge in [0.25, 0.3) is 0 Å². The number of hydrogen-bond donors (Lipinski definition) is 2. The van der Waals surface area contributed by atoms with E-state index < -0.39 is 5.97 Å². The van der Waals surface area contributed by atoms with Gasteiger partial charge < -0.3 is 15.6 Å². The second-order valence-electron chi connectivity index (χ2n) is 3.50. The Labute approximate surface area is 112 Å². The van der Waals surface area contributed by atoms with Gasteiger partial charge in [-0.1, -0.05) is 19.9 Å². The average Bonchev–Trinajstić information content (AvgIpc) is 2.44. The summed E-state index contributed by atoms with van der Waals surface area (Å²) in [6, 6.07) is 13.2. The van der Waals surface area contributed by atoms with E-state index in [0.29, 0.717) is 17.2 Å². The van der Waals surface area contributed by atoms with Crippen LogP contribution < -0.4 is 10.5 Å². The number of ether oxygens (including phenoxy) is 1. The third-order valence-electron chi connectivity index (χ3n) is 2.20. The highest BCUT2D eigenvalue weighted by atomic mass is 16.5. The maximum absolute atomic E-state index is 10.8. The normalized spacial score (nSPS) is 9.16. The molecule has 0 atom stereocenters. The number of carboxylic acids is 1. The molecule has 0 aliphatic carbocycles. The fourth-order valence-electron chi connectivity index (χ4n) is 1.36. The number of rotatable bonds is 3. The van der Waals surface area contributed by atoms with Gasteiger partial charge in [-0.25, -0.2) is 4.79 Å². The predicted octanol–water partition coefficient (Wildman–Crippen LogP) is 3.79. The van der Waals surface area contributed by atoms with Gasteiger partial charge in [-0.2, -0.15) is 0 Å². The van der Waals surface area contributed by atoms with E-state index in [0.717, 1.165) is 0 Å². The van der Waals surface area contributed by atoms with Gasteiger partial charge in [0.05, 0.1) is 5.56 Å². The molecule has 0 saturated heterocycles. The summed E-state index contributed by atoms with van der Waals surface area (Å²) in [5.41, 5.74) is 6.39. The van der Waals surface area contributed by atoms with Crippen molar-refractivity contribution in [3.8, 4) is 11.5 Å². The molecule has 0 fully saturated rings. The standard InChI is InChI=1S/C13H11NO3.C2H6/c14-10-4-6-11(7-5-10)17-12-3-1-2-9(8-12)13(15)16;1-2/h1-8H,14H2,(H,15,16);1-2H3. The van der Waals surface area contributed by atoms with E-state index in [-0.39, 0.29) is 5.56 Å². The van der Waals surface area contributed by atoms with Gasteiger partial charge in [0.1, 0.15) is 11.5 Å². The molecule has 0 aromatic heterocycles. The van der Waals surface area contributed by atoms with Crippen molar-refractivity contribution in [2.45, 2.75) is 13.8 Å². The van der Waals surface area contributed by atoms with Crippen LogP contribution in [0.2, 0.25) is 0 Å². The van der Waals surface area contributed by atoms with Crippen molar-refractivity contribution >= 4 is 11.7 Å². The molecule has 0 aliphatic heterocycles. The van der Waals surface area contributed by atoms with E-state index in [1.807, 2.05) is 13.8 Å². The molecule has 0 radical (unpaired) electrons. The topological polar surface area (TPSA) is 72.5 Å². The molecule has 100 valence electrons. The molecule has 0 spiro atoms. The molecule has 0 heterocycles. The predicted molar refractivity (Wildman–Crippen MR) is 75.7 cm³/mol. The number of carboxylic acid groups (broad SMARTS) is 1.